The Bertz CT molecular complexity index is 496. The lowest BCUT2D eigenvalue weighted by atomic mass is 9.94. The Hall–Kier alpha value is -0.830. The highest BCUT2D eigenvalue weighted by atomic mass is 32.2. The van der Waals surface area contributed by atoms with Crippen LogP contribution in [0.2, 0.25) is 0 Å². The van der Waals surface area contributed by atoms with Gasteiger partial charge in [0.25, 0.3) is 0 Å². The first-order valence-corrected chi connectivity index (χ1v) is 8.12. The fourth-order valence-electron chi connectivity index (χ4n) is 2.14. The number of halogens is 3. The maximum atomic E-state index is 12.8. The molecule has 9 heteroatoms. The predicted molar refractivity (Wildman–Crippen MR) is 70.1 cm³/mol. The zero-order chi connectivity index (χ0) is 16.6. The average Bonchev–Trinajstić information content (AvgIpc) is 2.70. The Morgan fingerprint density at radius 2 is 1.76 bits per heavy atom. The van der Waals surface area contributed by atoms with Crippen molar-refractivity contribution in [3.63, 3.8) is 0 Å². The number of carboxylic acids is 1. The second-order valence-corrected chi connectivity index (χ2v) is 8.62. The first-order chi connectivity index (χ1) is 9.24. The molecule has 1 fully saturated rings. The molecule has 5 nitrogen and oxygen atoms in total. The highest BCUT2D eigenvalue weighted by Gasteiger charge is 2.54. The van der Waals surface area contributed by atoms with Crippen molar-refractivity contribution in [2.24, 2.45) is 17.3 Å². The molecule has 0 saturated carbocycles. The maximum absolute atomic E-state index is 12.8. The van der Waals surface area contributed by atoms with Gasteiger partial charge in [-0.05, 0) is 11.8 Å². The van der Waals surface area contributed by atoms with Crippen LogP contribution in [0.15, 0.2) is 0 Å². The van der Waals surface area contributed by atoms with Crippen molar-refractivity contribution >= 4 is 16.0 Å². The molecule has 0 aromatic rings. The first kappa shape index (κ1) is 18.2. The third kappa shape index (κ3) is 4.84. The van der Waals surface area contributed by atoms with Gasteiger partial charge in [0.1, 0.15) is 0 Å². The van der Waals surface area contributed by atoms with Gasteiger partial charge in [-0.2, -0.15) is 13.2 Å². The Kier molecular flexibility index (Phi) is 4.99. The van der Waals surface area contributed by atoms with E-state index in [-0.39, 0.29) is 11.2 Å². The molecule has 0 spiro atoms. The smallest absolute Gasteiger partial charge is 0.393 e. The van der Waals surface area contributed by atoms with E-state index in [1.54, 1.807) is 0 Å². The van der Waals surface area contributed by atoms with Crippen molar-refractivity contribution in [3.8, 4) is 0 Å². The summed E-state index contributed by atoms with van der Waals surface area (Å²) in [6.45, 7) is 4.04. The van der Waals surface area contributed by atoms with Crippen molar-refractivity contribution in [3.05, 3.63) is 0 Å². The van der Waals surface area contributed by atoms with Gasteiger partial charge in [-0.25, -0.2) is 12.7 Å². The summed E-state index contributed by atoms with van der Waals surface area (Å²) < 4.78 is 63.3. The van der Waals surface area contributed by atoms with E-state index in [1.165, 1.54) is 0 Å². The number of carboxylic acid groups (broad SMARTS) is 1. The van der Waals surface area contributed by atoms with E-state index < -0.39 is 47.1 Å². The van der Waals surface area contributed by atoms with Crippen molar-refractivity contribution in [2.75, 3.05) is 18.8 Å². The molecule has 0 aliphatic carbocycles. The van der Waals surface area contributed by atoms with Crippen LogP contribution >= 0.6 is 0 Å². The molecule has 1 saturated heterocycles. The summed E-state index contributed by atoms with van der Waals surface area (Å²) in [6, 6.07) is 0. The molecule has 0 amide bonds. The molecule has 0 radical (unpaired) electrons. The molecular weight excluding hydrogens is 311 g/mol. The zero-order valence-electron chi connectivity index (χ0n) is 12.1. The van der Waals surface area contributed by atoms with Gasteiger partial charge in [0.05, 0.1) is 17.6 Å². The molecule has 21 heavy (non-hydrogen) atoms. The Balaban J connectivity index is 2.89. The lowest BCUT2D eigenvalue weighted by Crippen LogP contribution is -2.34. The second kappa shape index (κ2) is 5.75. The lowest BCUT2D eigenvalue weighted by molar-refractivity contribution is -0.187. The molecule has 1 aliphatic heterocycles. The molecular formula is C12H20F3NO4S. The quantitative estimate of drug-likeness (QED) is 0.854. The molecule has 0 unspecified atom stereocenters. The standard InChI is InChI=1S/C12H20F3NO4S/c1-11(2,3)4-5-21(19,20)16-6-8(10(17)18)9(7-16)12(13,14)15/h8-9H,4-7H2,1-3H3,(H,17,18)/t8-,9-/m1/s1. The van der Waals surface area contributed by atoms with Gasteiger partial charge < -0.3 is 5.11 Å². The molecule has 0 bridgehead atoms. The fourth-order valence-corrected chi connectivity index (χ4v) is 4.04. The first-order valence-electron chi connectivity index (χ1n) is 6.51. The minimum atomic E-state index is -4.72. The van der Waals surface area contributed by atoms with Crippen LogP contribution in [0.4, 0.5) is 13.2 Å². The van der Waals surface area contributed by atoms with Crippen LogP contribution in [0, 0.1) is 17.3 Å². The van der Waals surface area contributed by atoms with Gasteiger partial charge >= 0.3 is 12.1 Å². The number of carbonyl (C=O) groups is 1. The summed E-state index contributed by atoms with van der Waals surface area (Å²) in [6.07, 6.45) is -4.43. The fraction of sp³-hybridized carbons (Fsp3) is 0.917. The SMILES string of the molecule is CC(C)(C)CCS(=O)(=O)N1C[C@@H](C(F)(F)F)[C@H](C(=O)O)C1. The van der Waals surface area contributed by atoms with E-state index in [9.17, 15) is 26.4 Å². The van der Waals surface area contributed by atoms with E-state index in [1.807, 2.05) is 20.8 Å². The normalized spacial score (nSPS) is 25.2. The van der Waals surface area contributed by atoms with Crippen molar-refractivity contribution in [2.45, 2.75) is 33.4 Å². The van der Waals surface area contributed by atoms with Gasteiger partial charge in [0, 0.05) is 13.1 Å². The molecule has 0 aromatic carbocycles. The number of aliphatic carboxylic acids is 1. The Morgan fingerprint density at radius 3 is 2.10 bits per heavy atom. The number of sulfonamides is 1. The highest BCUT2D eigenvalue weighted by Crippen LogP contribution is 2.39. The van der Waals surface area contributed by atoms with E-state index >= 15 is 0 Å². The number of alkyl halides is 3. The number of hydrogen-bond acceptors (Lipinski definition) is 3. The van der Waals surface area contributed by atoms with E-state index in [4.69, 9.17) is 5.11 Å². The summed E-state index contributed by atoms with van der Waals surface area (Å²) in [5, 5.41) is 8.87. The van der Waals surface area contributed by atoms with Crippen LogP contribution in [0.25, 0.3) is 0 Å². The van der Waals surface area contributed by atoms with E-state index in [2.05, 4.69) is 0 Å². The molecule has 2 atom stereocenters. The van der Waals surface area contributed by atoms with Crippen LogP contribution in [0.3, 0.4) is 0 Å². The summed E-state index contributed by atoms with van der Waals surface area (Å²) in [5.74, 6) is -5.80. The molecule has 1 aliphatic rings. The van der Waals surface area contributed by atoms with E-state index in [0.717, 1.165) is 0 Å². The summed E-state index contributed by atoms with van der Waals surface area (Å²) in [4.78, 5) is 10.9. The summed E-state index contributed by atoms with van der Waals surface area (Å²) >= 11 is 0. The van der Waals surface area contributed by atoms with Crippen molar-refractivity contribution in [1.29, 1.82) is 0 Å². The zero-order valence-corrected chi connectivity index (χ0v) is 13.0. The van der Waals surface area contributed by atoms with Gasteiger partial charge in [-0.3, -0.25) is 4.79 Å². The number of nitrogens with zero attached hydrogens (tertiary/aromatic N) is 1. The van der Waals surface area contributed by atoms with Crippen molar-refractivity contribution in [1.82, 2.24) is 4.31 Å². The Morgan fingerprint density at radius 1 is 1.24 bits per heavy atom. The van der Waals surface area contributed by atoms with Crippen LogP contribution in [0.5, 0.6) is 0 Å². The van der Waals surface area contributed by atoms with Crippen LogP contribution < -0.4 is 0 Å². The molecule has 1 rings (SSSR count). The second-order valence-electron chi connectivity index (χ2n) is 6.54. The van der Waals surface area contributed by atoms with E-state index in [0.29, 0.717) is 10.7 Å². The number of rotatable bonds is 4. The highest BCUT2D eigenvalue weighted by molar-refractivity contribution is 7.89. The third-order valence-corrected chi connectivity index (χ3v) is 5.33. The molecule has 124 valence electrons. The summed E-state index contributed by atoms with van der Waals surface area (Å²) in [7, 11) is -3.88. The van der Waals surface area contributed by atoms with Gasteiger partial charge in [-0.1, -0.05) is 20.8 Å². The van der Waals surface area contributed by atoms with Gasteiger partial charge in [-0.15, -0.1) is 0 Å². The van der Waals surface area contributed by atoms with Crippen molar-refractivity contribution < 1.29 is 31.5 Å². The summed E-state index contributed by atoms with van der Waals surface area (Å²) in [5.41, 5.74) is -0.275. The Labute approximate surface area is 122 Å². The molecule has 1 heterocycles. The largest absolute Gasteiger partial charge is 0.481 e. The minimum absolute atomic E-state index is 0.275. The maximum Gasteiger partial charge on any atom is 0.393 e. The molecule has 1 N–H and O–H groups in total. The van der Waals surface area contributed by atoms with Gasteiger partial charge in [0.2, 0.25) is 10.0 Å². The van der Waals surface area contributed by atoms with Crippen LogP contribution in [-0.4, -0.2) is 48.8 Å². The topological polar surface area (TPSA) is 74.7 Å². The average molecular weight is 331 g/mol. The van der Waals surface area contributed by atoms with Crippen LogP contribution in [-0.2, 0) is 14.8 Å². The van der Waals surface area contributed by atoms with Crippen LogP contribution in [0.1, 0.15) is 27.2 Å². The third-order valence-electron chi connectivity index (χ3n) is 3.53. The minimum Gasteiger partial charge on any atom is -0.481 e. The lowest BCUT2D eigenvalue weighted by Gasteiger charge is -2.21. The predicted octanol–water partition coefficient (Wildman–Crippen LogP) is 1.95. The van der Waals surface area contributed by atoms with Gasteiger partial charge in [0.15, 0.2) is 0 Å². The monoisotopic (exact) mass is 331 g/mol. The number of hydrogen-bond donors (Lipinski definition) is 1. The molecule has 0 aromatic heterocycles.